The summed E-state index contributed by atoms with van der Waals surface area (Å²) in [5.41, 5.74) is 3.86. The topological polar surface area (TPSA) is 26.3 Å². The van der Waals surface area contributed by atoms with Gasteiger partial charge in [0.15, 0.2) is 5.78 Å². The number of ether oxygens (including phenoxy) is 1. The van der Waals surface area contributed by atoms with Crippen LogP contribution in [0.3, 0.4) is 0 Å². The van der Waals surface area contributed by atoms with Crippen LogP contribution in [-0.4, -0.2) is 12.9 Å². The number of rotatable bonds is 4. The van der Waals surface area contributed by atoms with Crippen LogP contribution in [0.25, 0.3) is 11.1 Å². The third kappa shape index (κ3) is 3.72. The van der Waals surface area contributed by atoms with Crippen LogP contribution >= 0.6 is 0 Å². The number of halogens is 3. The Morgan fingerprint density at radius 2 is 1.77 bits per heavy atom. The van der Waals surface area contributed by atoms with Crippen LogP contribution in [0.2, 0.25) is 0 Å². The largest absolute Gasteiger partial charge is 0.496 e. The summed E-state index contributed by atoms with van der Waals surface area (Å²) in [4.78, 5) is 13.2. The van der Waals surface area contributed by atoms with E-state index in [1.165, 1.54) is 13.2 Å². The predicted molar refractivity (Wildman–Crippen MR) is 110 cm³/mol. The first-order valence-corrected chi connectivity index (χ1v) is 9.75. The number of Topliss-reactive ketones (excluding diaryl/α,β-unsaturated/α-hetero) is 1. The van der Waals surface area contributed by atoms with Gasteiger partial charge in [-0.25, -0.2) is 0 Å². The Hall–Kier alpha value is -3.08. The average molecular weight is 410 g/mol. The Morgan fingerprint density at radius 3 is 2.43 bits per heavy atom. The quantitative estimate of drug-likeness (QED) is 0.505. The molecular formula is C25H21F3O2. The van der Waals surface area contributed by atoms with Crippen molar-refractivity contribution >= 4 is 5.78 Å². The van der Waals surface area contributed by atoms with E-state index in [2.05, 4.69) is 0 Å². The van der Waals surface area contributed by atoms with Crippen molar-refractivity contribution in [2.24, 2.45) is 5.92 Å². The maximum Gasteiger partial charge on any atom is 0.416 e. The van der Waals surface area contributed by atoms with Crippen molar-refractivity contribution in [1.82, 2.24) is 0 Å². The summed E-state index contributed by atoms with van der Waals surface area (Å²) >= 11 is 0. The molecule has 1 aliphatic rings. The van der Waals surface area contributed by atoms with Gasteiger partial charge in [0.1, 0.15) is 5.75 Å². The molecule has 30 heavy (non-hydrogen) atoms. The molecule has 3 aromatic rings. The van der Waals surface area contributed by atoms with E-state index in [4.69, 9.17) is 4.74 Å². The van der Waals surface area contributed by atoms with Crippen LogP contribution in [0.4, 0.5) is 13.2 Å². The van der Waals surface area contributed by atoms with Crippen molar-refractivity contribution < 1.29 is 22.7 Å². The molecule has 5 heteroatoms. The fraction of sp³-hybridized carbons (Fsp3) is 0.240. The normalized spacial score (nSPS) is 15.9. The molecule has 1 unspecified atom stereocenters. The monoisotopic (exact) mass is 410 g/mol. The molecule has 1 atom stereocenters. The van der Waals surface area contributed by atoms with Gasteiger partial charge in [-0.1, -0.05) is 48.0 Å². The first-order chi connectivity index (χ1) is 14.3. The number of methoxy groups -OCH3 is 1. The number of carbonyl (C=O) groups is 1. The van der Waals surface area contributed by atoms with Gasteiger partial charge in [0.05, 0.1) is 18.2 Å². The van der Waals surface area contributed by atoms with Gasteiger partial charge in [-0.15, -0.1) is 0 Å². The summed E-state index contributed by atoms with van der Waals surface area (Å²) in [7, 11) is 1.50. The van der Waals surface area contributed by atoms with Crippen LogP contribution < -0.4 is 4.74 Å². The second-order valence-electron chi connectivity index (χ2n) is 7.70. The molecule has 154 valence electrons. The van der Waals surface area contributed by atoms with Gasteiger partial charge in [-0.05, 0) is 60.2 Å². The summed E-state index contributed by atoms with van der Waals surface area (Å²) in [6, 6.07) is 16.7. The highest BCUT2D eigenvalue weighted by Crippen LogP contribution is 2.42. The summed E-state index contributed by atoms with van der Waals surface area (Å²) in [5.74, 6) is 0.192. The first kappa shape index (κ1) is 20.2. The number of ketones is 1. The zero-order chi connectivity index (χ0) is 21.5. The highest BCUT2D eigenvalue weighted by molar-refractivity contribution is 6.06. The zero-order valence-corrected chi connectivity index (χ0v) is 16.7. The summed E-state index contributed by atoms with van der Waals surface area (Å²) in [5, 5.41) is 0. The molecule has 4 rings (SSSR count). The highest BCUT2D eigenvalue weighted by atomic mass is 19.4. The summed E-state index contributed by atoms with van der Waals surface area (Å²) in [6.45, 7) is 2.01. The number of aryl methyl sites for hydroxylation is 1. The lowest BCUT2D eigenvalue weighted by Crippen LogP contribution is -2.12. The molecule has 0 saturated heterocycles. The minimum Gasteiger partial charge on any atom is -0.496 e. The molecule has 0 amide bonds. The lowest BCUT2D eigenvalue weighted by atomic mass is 9.93. The summed E-state index contributed by atoms with van der Waals surface area (Å²) < 4.78 is 45.0. The van der Waals surface area contributed by atoms with Crippen LogP contribution in [0.5, 0.6) is 5.75 Å². The van der Waals surface area contributed by atoms with Crippen molar-refractivity contribution in [2.75, 3.05) is 7.11 Å². The van der Waals surface area contributed by atoms with Gasteiger partial charge in [0, 0.05) is 5.92 Å². The number of carbonyl (C=O) groups excluding carboxylic acids is 1. The van der Waals surface area contributed by atoms with Crippen LogP contribution in [0.15, 0.2) is 60.7 Å². The van der Waals surface area contributed by atoms with Gasteiger partial charge < -0.3 is 4.74 Å². The van der Waals surface area contributed by atoms with E-state index in [-0.39, 0.29) is 11.7 Å². The molecule has 1 aliphatic carbocycles. The van der Waals surface area contributed by atoms with Crippen LogP contribution in [-0.2, 0) is 19.0 Å². The molecule has 0 aromatic heterocycles. The number of alkyl halides is 3. The molecule has 0 radical (unpaired) electrons. The van der Waals surface area contributed by atoms with Gasteiger partial charge in [-0.3, -0.25) is 4.79 Å². The van der Waals surface area contributed by atoms with Crippen molar-refractivity contribution in [1.29, 1.82) is 0 Å². The summed E-state index contributed by atoms with van der Waals surface area (Å²) in [6.07, 6.45) is -3.36. The molecule has 0 heterocycles. The van der Waals surface area contributed by atoms with E-state index in [0.717, 1.165) is 28.8 Å². The zero-order valence-electron chi connectivity index (χ0n) is 16.7. The number of fused-ring (bicyclic) bond motifs is 1. The fourth-order valence-electron chi connectivity index (χ4n) is 4.13. The van der Waals surface area contributed by atoms with E-state index in [0.29, 0.717) is 35.3 Å². The minimum absolute atomic E-state index is 0.0174. The molecule has 0 aliphatic heterocycles. The average Bonchev–Trinajstić information content (AvgIpc) is 3.05. The Kier molecular flexibility index (Phi) is 5.14. The van der Waals surface area contributed by atoms with Crippen molar-refractivity contribution in [3.8, 4) is 16.9 Å². The molecule has 2 nitrogen and oxygen atoms in total. The van der Waals surface area contributed by atoms with Gasteiger partial charge in [0.2, 0.25) is 0 Å². The molecule has 0 spiro atoms. The standard InChI is InChI=1S/C25H21F3O2/c1-15-6-8-16(9-7-15)12-18-14-21-20(10-11-22(30-2)23(21)24(18)29)17-4-3-5-19(13-17)25(26,27)28/h3-11,13,18H,12,14H2,1-2H3. The fourth-order valence-corrected chi connectivity index (χ4v) is 4.13. The Bertz CT molecular complexity index is 1100. The lowest BCUT2D eigenvalue weighted by molar-refractivity contribution is -0.137. The predicted octanol–water partition coefficient (Wildman–Crippen LogP) is 6.29. The van der Waals surface area contributed by atoms with E-state index < -0.39 is 11.7 Å². The van der Waals surface area contributed by atoms with E-state index in [1.54, 1.807) is 18.2 Å². The first-order valence-electron chi connectivity index (χ1n) is 9.75. The lowest BCUT2D eigenvalue weighted by Gasteiger charge is -2.13. The molecule has 3 aromatic carbocycles. The molecule has 0 N–H and O–H groups in total. The minimum atomic E-state index is -4.42. The maximum absolute atomic E-state index is 13.2. The number of benzene rings is 3. The SMILES string of the molecule is COc1ccc(-c2cccc(C(F)(F)F)c2)c2c1C(=O)C(Cc1ccc(C)cc1)C2. The van der Waals surface area contributed by atoms with Gasteiger partial charge in [-0.2, -0.15) is 13.2 Å². The molecule has 0 fully saturated rings. The molecule has 0 saturated carbocycles. The highest BCUT2D eigenvalue weighted by Gasteiger charge is 2.36. The van der Waals surface area contributed by atoms with Crippen LogP contribution in [0, 0.1) is 12.8 Å². The van der Waals surface area contributed by atoms with Crippen molar-refractivity contribution in [3.63, 3.8) is 0 Å². The second kappa shape index (κ2) is 7.63. The van der Waals surface area contributed by atoms with E-state index >= 15 is 0 Å². The smallest absolute Gasteiger partial charge is 0.416 e. The molecule has 0 bridgehead atoms. The van der Waals surface area contributed by atoms with Crippen molar-refractivity contribution in [3.05, 3.63) is 88.5 Å². The number of hydrogen-bond donors (Lipinski definition) is 0. The third-order valence-electron chi connectivity index (χ3n) is 5.67. The Balaban J connectivity index is 1.75. The van der Waals surface area contributed by atoms with E-state index in [1.807, 2.05) is 31.2 Å². The second-order valence-corrected chi connectivity index (χ2v) is 7.70. The Labute approximate surface area is 173 Å². The Morgan fingerprint density at radius 1 is 1.03 bits per heavy atom. The van der Waals surface area contributed by atoms with Crippen molar-refractivity contribution in [2.45, 2.75) is 25.9 Å². The third-order valence-corrected chi connectivity index (χ3v) is 5.67. The maximum atomic E-state index is 13.2. The van der Waals surface area contributed by atoms with Crippen LogP contribution in [0.1, 0.15) is 32.6 Å². The molecular weight excluding hydrogens is 389 g/mol. The van der Waals surface area contributed by atoms with Gasteiger partial charge >= 0.3 is 6.18 Å². The van der Waals surface area contributed by atoms with Gasteiger partial charge in [0.25, 0.3) is 0 Å². The van der Waals surface area contributed by atoms with E-state index in [9.17, 15) is 18.0 Å². The number of hydrogen-bond acceptors (Lipinski definition) is 2.